The van der Waals surface area contributed by atoms with Crippen LogP contribution in [0.2, 0.25) is 0 Å². The third-order valence-electron chi connectivity index (χ3n) is 1.93. The van der Waals surface area contributed by atoms with E-state index in [-0.39, 0.29) is 0 Å². The van der Waals surface area contributed by atoms with E-state index in [0.29, 0.717) is 29.7 Å². The Bertz CT molecular complexity index is 301. The second-order valence-corrected chi connectivity index (χ2v) is 3.41. The first-order valence-electron chi connectivity index (χ1n) is 4.64. The summed E-state index contributed by atoms with van der Waals surface area (Å²) in [5, 5.41) is 0. The number of alkyl halides is 1. The summed E-state index contributed by atoms with van der Waals surface area (Å²) < 4.78 is 15.9. The lowest BCUT2D eigenvalue weighted by Gasteiger charge is -2.14. The van der Waals surface area contributed by atoms with Gasteiger partial charge < -0.3 is 14.2 Å². The fourth-order valence-electron chi connectivity index (χ4n) is 1.29. The maximum Gasteiger partial charge on any atom is 0.203 e. The lowest BCUT2D eigenvalue weighted by atomic mass is 10.2. The molecule has 1 aromatic rings. The molecule has 0 atom stereocenters. The third kappa shape index (κ3) is 2.93. The van der Waals surface area contributed by atoms with E-state index < -0.39 is 0 Å². The summed E-state index contributed by atoms with van der Waals surface area (Å²) in [6, 6.07) is 3.79. The zero-order valence-corrected chi connectivity index (χ0v) is 9.93. The van der Waals surface area contributed by atoms with Gasteiger partial charge in [0, 0.05) is 0 Å². The fraction of sp³-hybridized carbons (Fsp3) is 0.455. The van der Waals surface area contributed by atoms with Gasteiger partial charge in [0.1, 0.15) is 6.61 Å². The van der Waals surface area contributed by atoms with Crippen molar-refractivity contribution < 1.29 is 14.2 Å². The molecule has 0 spiro atoms. The van der Waals surface area contributed by atoms with Crippen LogP contribution in [0.4, 0.5) is 0 Å². The van der Waals surface area contributed by atoms with Crippen LogP contribution in [0.1, 0.15) is 5.56 Å². The molecule has 15 heavy (non-hydrogen) atoms. The number of rotatable bonds is 5. The predicted molar refractivity (Wildman–Crippen MR) is 60.5 cm³/mol. The van der Waals surface area contributed by atoms with Gasteiger partial charge in [-0.3, -0.25) is 0 Å². The van der Waals surface area contributed by atoms with Crippen LogP contribution in [0.15, 0.2) is 12.1 Å². The van der Waals surface area contributed by atoms with Gasteiger partial charge in [-0.1, -0.05) is 0 Å². The topological polar surface area (TPSA) is 27.7 Å². The summed E-state index contributed by atoms with van der Waals surface area (Å²) in [4.78, 5) is 0. The molecule has 0 saturated heterocycles. The molecule has 0 aliphatic rings. The zero-order valence-electron chi connectivity index (χ0n) is 9.17. The van der Waals surface area contributed by atoms with E-state index in [1.54, 1.807) is 14.2 Å². The van der Waals surface area contributed by atoms with Crippen LogP contribution in [-0.4, -0.2) is 26.7 Å². The number of hydrogen-bond acceptors (Lipinski definition) is 3. The minimum atomic E-state index is 0.428. The van der Waals surface area contributed by atoms with E-state index in [1.807, 2.05) is 19.1 Å². The molecule has 0 bridgehead atoms. The van der Waals surface area contributed by atoms with Crippen molar-refractivity contribution in [2.75, 3.05) is 26.7 Å². The van der Waals surface area contributed by atoms with E-state index in [2.05, 4.69) is 0 Å². The summed E-state index contributed by atoms with van der Waals surface area (Å²) in [7, 11) is 3.20. The van der Waals surface area contributed by atoms with Crippen LogP contribution in [0, 0.1) is 6.92 Å². The summed E-state index contributed by atoms with van der Waals surface area (Å²) in [6.45, 7) is 2.40. The van der Waals surface area contributed by atoms with Gasteiger partial charge in [0.25, 0.3) is 0 Å². The van der Waals surface area contributed by atoms with Gasteiger partial charge >= 0.3 is 0 Å². The van der Waals surface area contributed by atoms with Crippen molar-refractivity contribution >= 4 is 11.6 Å². The number of aryl methyl sites for hydroxylation is 1. The van der Waals surface area contributed by atoms with Crippen LogP contribution in [-0.2, 0) is 0 Å². The zero-order chi connectivity index (χ0) is 11.3. The van der Waals surface area contributed by atoms with Crippen molar-refractivity contribution in [3.8, 4) is 17.2 Å². The van der Waals surface area contributed by atoms with Gasteiger partial charge in [-0.2, -0.15) is 0 Å². The highest BCUT2D eigenvalue weighted by molar-refractivity contribution is 6.18. The van der Waals surface area contributed by atoms with E-state index >= 15 is 0 Å². The maximum absolute atomic E-state index is 5.57. The van der Waals surface area contributed by atoms with E-state index in [0.717, 1.165) is 5.56 Å². The van der Waals surface area contributed by atoms with Crippen LogP contribution >= 0.6 is 11.6 Å². The number of ether oxygens (including phenoxy) is 3. The highest BCUT2D eigenvalue weighted by Gasteiger charge is 2.12. The molecule has 0 heterocycles. The molecule has 0 radical (unpaired) electrons. The Morgan fingerprint density at radius 1 is 1.13 bits per heavy atom. The van der Waals surface area contributed by atoms with Gasteiger partial charge in [-0.25, -0.2) is 0 Å². The minimum Gasteiger partial charge on any atom is -0.493 e. The molecule has 3 nitrogen and oxygen atoms in total. The molecular formula is C11H15ClO3. The summed E-state index contributed by atoms with van der Waals surface area (Å²) >= 11 is 5.57. The smallest absolute Gasteiger partial charge is 0.203 e. The van der Waals surface area contributed by atoms with E-state index in [9.17, 15) is 0 Å². The van der Waals surface area contributed by atoms with Crippen molar-refractivity contribution in [3.05, 3.63) is 17.7 Å². The molecule has 0 amide bonds. The fourth-order valence-corrected chi connectivity index (χ4v) is 1.37. The summed E-state index contributed by atoms with van der Waals surface area (Å²) in [6.07, 6.45) is 0. The standard InChI is InChI=1S/C11H15ClO3/c1-8-6-9(13-2)11(15-5-4-12)10(7-8)14-3/h6-7H,4-5H2,1-3H3. The molecule has 0 N–H and O–H groups in total. The van der Waals surface area contributed by atoms with Crippen LogP contribution in [0.25, 0.3) is 0 Å². The third-order valence-corrected chi connectivity index (χ3v) is 2.08. The minimum absolute atomic E-state index is 0.428. The molecule has 0 fully saturated rings. The normalized spacial score (nSPS) is 9.87. The summed E-state index contributed by atoms with van der Waals surface area (Å²) in [5.41, 5.74) is 1.06. The van der Waals surface area contributed by atoms with E-state index in [1.165, 1.54) is 0 Å². The molecule has 0 saturated carbocycles. The number of benzene rings is 1. The monoisotopic (exact) mass is 230 g/mol. The predicted octanol–water partition coefficient (Wildman–Crippen LogP) is 2.63. The second kappa shape index (κ2) is 5.71. The van der Waals surface area contributed by atoms with Gasteiger partial charge in [0.15, 0.2) is 11.5 Å². The molecule has 84 valence electrons. The van der Waals surface area contributed by atoms with Gasteiger partial charge in [0.2, 0.25) is 5.75 Å². The van der Waals surface area contributed by atoms with Crippen molar-refractivity contribution in [3.63, 3.8) is 0 Å². The molecule has 4 heteroatoms. The molecule has 1 aromatic carbocycles. The SMILES string of the molecule is COc1cc(C)cc(OC)c1OCCCl. The lowest BCUT2D eigenvalue weighted by molar-refractivity contribution is 0.289. The largest absolute Gasteiger partial charge is 0.493 e. The maximum atomic E-state index is 5.57. The highest BCUT2D eigenvalue weighted by atomic mass is 35.5. The lowest BCUT2D eigenvalue weighted by Crippen LogP contribution is -2.02. The van der Waals surface area contributed by atoms with Crippen LogP contribution in [0.3, 0.4) is 0 Å². The Labute approximate surface area is 94.9 Å². The Balaban J connectivity index is 3.06. The van der Waals surface area contributed by atoms with E-state index in [4.69, 9.17) is 25.8 Å². The first kappa shape index (κ1) is 12.0. The van der Waals surface area contributed by atoms with Crippen molar-refractivity contribution in [2.45, 2.75) is 6.92 Å². The van der Waals surface area contributed by atoms with Gasteiger partial charge in [0.05, 0.1) is 20.1 Å². The first-order valence-corrected chi connectivity index (χ1v) is 5.17. The Kier molecular flexibility index (Phi) is 4.56. The molecular weight excluding hydrogens is 216 g/mol. The first-order chi connectivity index (χ1) is 7.22. The highest BCUT2D eigenvalue weighted by Crippen LogP contribution is 2.38. The Morgan fingerprint density at radius 2 is 1.67 bits per heavy atom. The molecule has 1 rings (SSSR count). The number of methoxy groups -OCH3 is 2. The van der Waals surface area contributed by atoms with Crippen LogP contribution < -0.4 is 14.2 Å². The summed E-state index contributed by atoms with van der Waals surface area (Å²) in [5.74, 6) is 2.36. The Morgan fingerprint density at radius 3 is 2.07 bits per heavy atom. The van der Waals surface area contributed by atoms with Gasteiger partial charge in [-0.15, -0.1) is 11.6 Å². The quantitative estimate of drug-likeness (QED) is 0.728. The molecule has 0 unspecified atom stereocenters. The van der Waals surface area contributed by atoms with Crippen molar-refractivity contribution in [2.24, 2.45) is 0 Å². The Hall–Kier alpha value is -1.09. The molecule has 0 aliphatic carbocycles. The average molecular weight is 231 g/mol. The second-order valence-electron chi connectivity index (χ2n) is 3.04. The van der Waals surface area contributed by atoms with Gasteiger partial charge in [-0.05, 0) is 24.6 Å². The van der Waals surface area contributed by atoms with Crippen molar-refractivity contribution in [1.82, 2.24) is 0 Å². The van der Waals surface area contributed by atoms with Crippen molar-refractivity contribution in [1.29, 1.82) is 0 Å². The number of hydrogen-bond donors (Lipinski definition) is 0. The molecule has 0 aromatic heterocycles. The van der Waals surface area contributed by atoms with Crippen LogP contribution in [0.5, 0.6) is 17.2 Å². The molecule has 0 aliphatic heterocycles. The average Bonchev–Trinajstić information content (AvgIpc) is 2.26. The number of halogens is 1.